The summed E-state index contributed by atoms with van der Waals surface area (Å²) in [7, 11) is 0. The van der Waals surface area contributed by atoms with E-state index < -0.39 is 0 Å². The third-order valence-electron chi connectivity index (χ3n) is 3.14. The van der Waals surface area contributed by atoms with E-state index in [4.69, 9.17) is 10.5 Å². The van der Waals surface area contributed by atoms with Crippen LogP contribution in [0.3, 0.4) is 0 Å². The second-order valence-corrected chi connectivity index (χ2v) is 5.40. The number of cyclic esters (lactones) is 1. The molecular formula is C10H18N2O2S. The minimum absolute atomic E-state index is 0.104. The highest BCUT2D eigenvalue weighted by Crippen LogP contribution is 2.25. The first-order valence-electron chi connectivity index (χ1n) is 5.52. The summed E-state index contributed by atoms with van der Waals surface area (Å²) in [6, 6.07) is 0.104. The molecule has 0 saturated carbocycles. The molecule has 1 atom stereocenters. The van der Waals surface area contributed by atoms with Crippen molar-refractivity contribution < 1.29 is 9.53 Å². The van der Waals surface area contributed by atoms with Crippen molar-refractivity contribution in [3.05, 3.63) is 0 Å². The molecule has 4 nitrogen and oxygen atoms in total. The largest absolute Gasteiger partial charge is 0.447 e. The Labute approximate surface area is 94.5 Å². The van der Waals surface area contributed by atoms with Gasteiger partial charge in [0.05, 0.1) is 6.04 Å². The highest BCUT2D eigenvalue weighted by Gasteiger charge is 2.33. The van der Waals surface area contributed by atoms with Crippen molar-refractivity contribution in [3.63, 3.8) is 0 Å². The SMILES string of the molecule is NCC1COC(=O)N1CC1CCSCC1. The number of ether oxygens (including phenoxy) is 1. The minimum atomic E-state index is -0.177. The van der Waals surface area contributed by atoms with Crippen LogP contribution in [0.5, 0.6) is 0 Å². The Hall–Kier alpha value is -0.420. The first kappa shape index (κ1) is 11.1. The van der Waals surface area contributed by atoms with Gasteiger partial charge in [-0.2, -0.15) is 11.8 Å². The Bertz CT molecular complexity index is 231. The fourth-order valence-corrected chi connectivity index (χ4v) is 3.32. The molecule has 2 rings (SSSR count). The average Bonchev–Trinajstić information content (AvgIpc) is 2.62. The van der Waals surface area contributed by atoms with Gasteiger partial charge in [0, 0.05) is 13.1 Å². The quantitative estimate of drug-likeness (QED) is 0.783. The van der Waals surface area contributed by atoms with Crippen molar-refractivity contribution >= 4 is 17.9 Å². The summed E-state index contributed by atoms with van der Waals surface area (Å²) < 4.78 is 5.01. The zero-order valence-corrected chi connectivity index (χ0v) is 9.67. The molecule has 0 spiro atoms. The van der Waals surface area contributed by atoms with Crippen LogP contribution >= 0.6 is 11.8 Å². The highest BCUT2D eigenvalue weighted by molar-refractivity contribution is 7.99. The first-order chi connectivity index (χ1) is 7.31. The number of nitrogens with two attached hydrogens (primary N) is 1. The summed E-state index contributed by atoms with van der Waals surface area (Å²) in [5.74, 6) is 3.09. The molecule has 2 N–H and O–H groups in total. The first-order valence-corrected chi connectivity index (χ1v) is 6.68. The average molecular weight is 230 g/mol. The molecule has 2 aliphatic heterocycles. The Kier molecular flexibility index (Phi) is 3.75. The molecule has 0 aromatic carbocycles. The van der Waals surface area contributed by atoms with Crippen molar-refractivity contribution in [2.75, 3.05) is 31.2 Å². The third-order valence-corrected chi connectivity index (χ3v) is 4.19. The molecule has 0 aromatic heterocycles. The van der Waals surface area contributed by atoms with Crippen LogP contribution in [0.1, 0.15) is 12.8 Å². The van der Waals surface area contributed by atoms with Gasteiger partial charge in [-0.25, -0.2) is 4.79 Å². The number of amides is 1. The normalized spacial score (nSPS) is 28.2. The zero-order chi connectivity index (χ0) is 10.7. The summed E-state index contributed by atoms with van der Waals surface area (Å²) in [6.07, 6.45) is 2.25. The van der Waals surface area contributed by atoms with E-state index in [0.29, 0.717) is 19.1 Å². The van der Waals surface area contributed by atoms with Crippen LogP contribution in [0.4, 0.5) is 4.79 Å². The second kappa shape index (κ2) is 5.07. The van der Waals surface area contributed by atoms with E-state index in [1.54, 1.807) is 0 Å². The fourth-order valence-electron chi connectivity index (χ4n) is 2.12. The standard InChI is InChI=1S/C10H18N2O2S/c11-5-9-7-14-10(13)12(9)6-8-1-3-15-4-2-8/h8-9H,1-7,11H2. The Morgan fingerprint density at radius 1 is 1.47 bits per heavy atom. The summed E-state index contributed by atoms with van der Waals surface area (Å²) in [4.78, 5) is 13.3. The molecule has 2 saturated heterocycles. The van der Waals surface area contributed by atoms with Gasteiger partial charge in [-0.3, -0.25) is 0 Å². The topological polar surface area (TPSA) is 55.6 Å². The van der Waals surface area contributed by atoms with Gasteiger partial charge < -0.3 is 15.4 Å². The van der Waals surface area contributed by atoms with Crippen molar-refractivity contribution in [3.8, 4) is 0 Å². The lowest BCUT2D eigenvalue weighted by Gasteiger charge is -2.28. The zero-order valence-electron chi connectivity index (χ0n) is 8.85. The number of hydrogen-bond donors (Lipinski definition) is 1. The minimum Gasteiger partial charge on any atom is -0.447 e. The van der Waals surface area contributed by atoms with Gasteiger partial charge in [0.25, 0.3) is 0 Å². The molecule has 1 amide bonds. The maximum atomic E-state index is 11.5. The van der Waals surface area contributed by atoms with Crippen LogP contribution in [0.2, 0.25) is 0 Å². The molecule has 0 aliphatic carbocycles. The van der Waals surface area contributed by atoms with Crippen LogP contribution in [-0.2, 0) is 4.74 Å². The van der Waals surface area contributed by atoms with Gasteiger partial charge in [0.2, 0.25) is 0 Å². The van der Waals surface area contributed by atoms with E-state index in [1.807, 2.05) is 16.7 Å². The van der Waals surface area contributed by atoms with Crippen LogP contribution in [0, 0.1) is 5.92 Å². The summed E-state index contributed by atoms with van der Waals surface area (Å²) in [6.45, 7) is 1.81. The van der Waals surface area contributed by atoms with Crippen LogP contribution in [0.25, 0.3) is 0 Å². The number of carbonyl (C=O) groups excluding carboxylic acids is 1. The summed E-state index contributed by atoms with van der Waals surface area (Å²) >= 11 is 2.00. The van der Waals surface area contributed by atoms with Crippen molar-refractivity contribution in [1.82, 2.24) is 4.90 Å². The predicted molar refractivity (Wildman–Crippen MR) is 60.9 cm³/mol. The van der Waals surface area contributed by atoms with Gasteiger partial charge in [-0.05, 0) is 30.3 Å². The second-order valence-electron chi connectivity index (χ2n) is 4.17. The summed E-state index contributed by atoms with van der Waals surface area (Å²) in [5.41, 5.74) is 5.61. The van der Waals surface area contributed by atoms with E-state index >= 15 is 0 Å². The smallest absolute Gasteiger partial charge is 0.410 e. The number of hydrogen-bond acceptors (Lipinski definition) is 4. The molecule has 2 fully saturated rings. The number of rotatable bonds is 3. The lowest BCUT2D eigenvalue weighted by molar-refractivity contribution is 0.151. The number of nitrogens with zero attached hydrogens (tertiary/aromatic N) is 1. The van der Waals surface area contributed by atoms with E-state index in [2.05, 4.69) is 0 Å². The van der Waals surface area contributed by atoms with E-state index in [-0.39, 0.29) is 12.1 Å². The maximum Gasteiger partial charge on any atom is 0.410 e. The molecule has 5 heteroatoms. The van der Waals surface area contributed by atoms with E-state index in [9.17, 15) is 4.79 Å². The van der Waals surface area contributed by atoms with Crippen LogP contribution in [-0.4, -0.2) is 48.2 Å². The fraction of sp³-hybridized carbons (Fsp3) is 0.900. The van der Waals surface area contributed by atoms with Crippen molar-refractivity contribution in [1.29, 1.82) is 0 Å². The molecule has 15 heavy (non-hydrogen) atoms. The van der Waals surface area contributed by atoms with Gasteiger partial charge in [-0.1, -0.05) is 0 Å². The molecule has 2 aliphatic rings. The Morgan fingerprint density at radius 2 is 2.20 bits per heavy atom. The molecule has 1 unspecified atom stereocenters. The van der Waals surface area contributed by atoms with E-state index in [1.165, 1.54) is 24.3 Å². The van der Waals surface area contributed by atoms with Gasteiger partial charge in [-0.15, -0.1) is 0 Å². The highest BCUT2D eigenvalue weighted by atomic mass is 32.2. The molecule has 2 heterocycles. The molecular weight excluding hydrogens is 212 g/mol. The molecule has 0 bridgehead atoms. The molecule has 0 radical (unpaired) electrons. The van der Waals surface area contributed by atoms with E-state index in [0.717, 1.165) is 6.54 Å². The third kappa shape index (κ3) is 2.58. The number of thioether (sulfide) groups is 1. The van der Waals surface area contributed by atoms with Crippen molar-refractivity contribution in [2.45, 2.75) is 18.9 Å². The lowest BCUT2D eigenvalue weighted by atomic mass is 10.0. The van der Waals surface area contributed by atoms with Crippen LogP contribution < -0.4 is 5.73 Å². The predicted octanol–water partition coefficient (Wildman–Crippen LogP) is 0.909. The van der Waals surface area contributed by atoms with Gasteiger partial charge in [0.15, 0.2) is 0 Å². The Balaban J connectivity index is 1.88. The lowest BCUT2D eigenvalue weighted by Crippen LogP contribution is -2.42. The summed E-state index contributed by atoms with van der Waals surface area (Å²) in [5, 5.41) is 0. The molecule has 0 aromatic rings. The van der Waals surface area contributed by atoms with Gasteiger partial charge in [0.1, 0.15) is 6.61 Å². The van der Waals surface area contributed by atoms with Gasteiger partial charge >= 0.3 is 6.09 Å². The monoisotopic (exact) mass is 230 g/mol. The van der Waals surface area contributed by atoms with Crippen LogP contribution in [0.15, 0.2) is 0 Å². The molecule has 86 valence electrons. The maximum absolute atomic E-state index is 11.5. The Morgan fingerprint density at radius 3 is 2.87 bits per heavy atom. The number of carbonyl (C=O) groups is 1. The van der Waals surface area contributed by atoms with Crippen molar-refractivity contribution in [2.24, 2.45) is 11.7 Å².